The van der Waals surface area contributed by atoms with Gasteiger partial charge in [-0.05, 0) is 17.7 Å². The van der Waals surface area contributed by atoms with Crippen LogP contribution in [0.2, 0.25) is 0 Å². The largest absolute Gasteiger partial charge is 0.481 e. The molecule has 3 heteroatoms. The minimum atomic E-state index is -0.848. The molecule has 0 atom stereocenters. The number of para-hydroxylation sites is 1. The summed E-state index contributed by atoms with van der Waals surface area (Å²) in [4.78, 5) is 15.7. The number of pyridine rings is 1. The molecule has 3 aromatic rings. The smallest absolute Gasteiger partial charge is 0.307 e. The summed E-state index contributed by atoms with van der Waals surface area (Å²) in [6.45, 7) is 0. The predicted molar refractivity (Wildman–Crippen MR) is 78.5 cm³/mol. The number of rotatable bonds is 3. The van der Waals surface area contributed by atoms with Crippen LogP contribution in [0.4, 0.5) is 0 Å². The van der Waals surface area contributed by atoms with Crippen LogP contribution in [-0.4, -0.2) is 16.1 Å². The van der Waals surface area contributed by atoms with Gasteiger partial charge in [-0.2, -0.15) is 0 Å². The summed E-state index contributed by atoms with van der Waals surface area (Å²) in [5.74, 6) is -0.848. The molecule has 3 nitrogen and oxygen atoms in total. The van der Waals surface area contributed by atoms with Crippen molar-refractivity contribution in [1.29, 1.82) is 0 Å². The maximum absolute atomic E-state index is 11.1. The molecule has 1 aromatic heterocycles. The standard InChI is InChI=1S/C17H13NO2/c19-16(20)11-14-10-13-8-4-5-9-15(13)18-17(14)12-6-2-1-3-7-12/h1-10H,11H2,(H,19,20). The molecule has 0 bridgehead atoms. The van der Waals surface area contributed by atoms with Gasteiger partial charge >= 0.3 is 5.97 Å². The number of fused-ring (bicyclic) bond motifs is 1. The molecule has 3 rings (SSSR count). The molecule has 2 aromatic carbocycles. The molecule has 0 saturated carbocycles. The van der Waals surface area contributed by atoms with E-state index in [-0.39, 0.29) is 6.42 Å². The number of nitrogens with zero attached hydrogens (tertiary/aromatic N) is 1. The van der Waals surface area contributed by atoms with Crippen LogP contribution >= 0.6 is 0 Å². The molecular weight excluding hydrogens is 250 g/mol. The first-order valence-electron chi connectivity index (χ1n) is 6.40. The van der Waals surface area contributed by atoms with Crippen molar-refractivity contribution in [3.05, 3.63) is 66.2 Å². The molecule has 0 amide bonds. The number of hydrogen-bond donors (Lipinski definition) is 1. The number of hydrogen-bond acceptors (Lipinski definition) is 2. The molecule has 98 valence electrons. The molecule has 0 spiro atoms. The zero-order valence-electron chi connectivity index (χ0n) is 10.8. The fourth-order valence-corrected chi connectivity index (χ4v) is 2.30. The monoisotopic (exact) mass is 263 g/mol. The van der Waals surface area contributed by atoms with E-state index in [1.54, 1.807) is 0 Å². The van der Waals surface area contributed by atoms with Crippen molar-refractivity contribution < 1.29 is 9.90 Å². The highest BCUT2D eigenvalue weighted by Gasteiger charge is 2.11. The lowest BCUT2D eigenvalue weighted by Gasteiger charge is -2.09. The maximum Gasteiger partial charge on any atom is 0.307 e. The first-order valence-corrected chi connectivity index (χ1v) is 6.40. The summed E-state index contributed by atoms with van der Waals surface area (Å²) in [5.41, 5.74) is 3.30. The minimum absolute atomic E-state index is 0.0257. The molecular formula is C17H13NO2. The van der Waals surface area contributed by atoms with Crippen LogP contribution in [0.1, 0.15) is 5.56 Å². The zero-order chi connectivity index (χ0) is 13.9. The van der Waals surface area contributed by atoms with Gasteiger partial charge in [0.15, 0.2) is 0 Å². The van der Waals surface area contributed by atoms with Gasteiger partial charge in [-0.1, -0.05) is 48.5 Å². The zero-order valence-corrected chi connectivity index (χ0v) is 10.8. The van der Waals surface area contributed by atoms with Crippen LogP contribution in [0, 0.1) is 0 Å². The van der Waals surface area contributed by atoms with Gasteiger partial charge < -0.3 is 5.11 Å². The Bertz CT molecular complexity index is 766. The van der Waals surface area contributed by atoms with Crippen LogP contribution in [0.5, 0.6) is 0 Å². The topological polar surface area (TPSA) is 50.2 Å². The van der Waals surface area contributed by atoms with E-state index < -0.39 is 5.97 Å². The highest BCUT2D eigenvalue weighted by molar-refractivity contribution is 5.85. The lowest BCUT2D eigenvalue weighted by Crippen LogP contribution is -2.03. The summed E-state index contributed by atoms with van der Waals surface area (Å²) >= 11 is 0. The molecule has 0 fully saturated rings. The van der Waals surface area contributed by atoms with Gasteiger partial charge in [0.2, 0.25) is 0 Å². The van der Waals surface area contributed by atoms with Gasteiger partial charge in [-0.25, -0.2) is 4.98 Å². The predicted octanol–water partition coefficient (Wildman–Crippen LogP) is 3.53. The number of benzene rings is 2. The van der Waals surface area contributed by atoms with Crippen LogP contribution in [-0.2, 0) is 11.2 Å². The fourth-order valence-electron chi connectivity index (χ4n) is 2.30. The first kappa shape index (κ1) is 12.4. The minimum Gasteiger partial charge on any atom is -0.481 e. The average molecular weight is 263 g/mol. The first-order chi connectivity index (χ1) is 9.74. The molecule has 1 N–H and O–H groups in total. The molecule has 20 heavy (non-hydrogen) atoms. The SMILES string of the molecule is O=C(O)Cc1cc2ccccc2nc1-c1ccccc1. The Morgan fingerprint density at radius 2 is 1.70 bits per heavy atom. The number of carboxylic acid groups (broad SMARTS) is 1. The quantitative estimate of drug-likeness (QED) is 0.786. The van der Waals surface area contributed by atoms with E-state index in [4.69, 9.17) is 5.11 Å². The Morgan fingerprint density at radius 1 is 1.00 bits per heavy atom. The van der Waals surface area contributed by atoms with Gasteiger partial charge in [0.25, 0.3) is 0 Å². The molecule has 0 radical (unpaired) electrons. The van der Waals surface area contributed by atoms with Crippen molar-refractivity contribution in [2.45, 2.75) is 6.42 Å². The summed E-state index contributed by atoms with van der Waals surface area (Å²) in [6, 6.07) is 19.3. The molecule has 0 saturated heterocycles. The maximum atomic E-state index is 11.1. The van der Waals surface area contributed by atoms with Crippen molar-refractivity contribution in [3.63, 3.8) is 0 Å². The third kappa shape index (κ3) is 2.38. The van der Waals surface area contributed by atoms with E-state index >= 15 is 0 Å². The van der Waals surface area contributed by atoms with E-state index in [0.717, 1.165) is 27.7 Å². The van der Waals surface area contributed by atoms with Crippen molar-refractivity contribution in [2.75, 3.05) is 0 Å². The second-order valence-corrected chi connectivity index (χ2v) is 4.63. The van der Waals surface area contributed by atoms with E-state index in [2.05, 4.69) is 4.98 Å². The Hall–Kier alpha value is -2.68. The highest BCUT2D eigenvalue weighted by atomic mass is 16.4. The van der Waals surface area contributed by atoms with Crippen LogP contribution in [0.3, 0.4) is 0 Å². The van der Waals surface area contributed by atoms with Crippen LogP contribution in [0.15, 0.2) is 60.7 Å². The van der Waals surface area contributed by atoms with Crippen molar-refractivity contribution in [3.8, 4) is 11.3 Å². The number of carbonyl (C=O) groups is 1. The third-order valence-electron chi connectivity index (χ3n) is 3.19. The van der Waals surface area contributed by atoms with Gasteiger partial charge in [0.1, 0.15) is 0 Å². The number of aromatic nitrogens is 1. The van der Waals surface area contributed by atoms with Crippen molar-refractivity contribution in [2.24, 2.45) is 0 Å². The molecule has 0 aliphatic heterocycles. The summed E-state index contributed by atoms with van der Waals surface area (Å²) in [6.07, 6.45) is -0.0257. The second kappa shape index (κ2) is 5.13. The van der Waals surface area contributed by atoms with Gasteiger partial charge in [-0.15, -0.1) is 0 Å². The Kier molecular flexibility index (Phi) is 3.17. The summed E-state index contributed by atoms with van der Waals surface area (Å²) < 4.78 is 0. The fraction of sp³-hybridized carbons (Fsp3) is 0.0588. The Morgan fingerprint density at radius 3 is 2.45 bits per heavy atom. The lowest BCUT2D eigenvalue weighted by atomic mass is 10.0. The van der Waals surface area contributed by atoms with Crippen molar-refractivity contribution in [1.82, 2.24) is 4.98 Å². The number of carboxylic acids is 1. The Labute approximate surface area is 116 Å². The summed E-state index contributed by atoms with van der Waals surface area (Å²) in [7, 11) is 0. The van der Waals surface area contributed by atoms with Crippen LogP contribution in [0.25, 0.3) is 22.2 Å². The summed E-state index contributed by atoms with van der Waals surface area (Å²) in [5, 5.41) is 10.0. The van der Waals surface area contributed by atoms with Gasteiger partial charge in [-0.3, -0.25) is 4.79 Å². The molecule has 0 aliphatic carbocycles. The van der Waals surface area contributed by atoms with E-state index in [9.17, 15) is 4.79 Å². The molecule has 0 unspecified atom stereocenters. The van der Waals surface area contributed by atoms with Gasteiger partial charge in [0, 0.05) is 10.9 Å². The molecule has 0 aliphatic rings. The van der Waals surface area contributed by atoms with Crippen LogP contribution < -0.4 is 0 Å². The highest BCUT2D eigenvalue weighted by Crippen LogP contribution is 2.26. The average Bonchev–Trinajstić information content (AvgIpc) is 2.47. The normalized spacial score (nSPS) is 10.6. The van der Waals surface area contributed by atoms with E-state index in [1.807, 2.05) is 60.7 Å². The van der Waals surface area contributed by atoms with E-state index in [0.29, 0.717) is 0 Å². The van der Waals surface area contributed by atoms with Crippen molar-refractivity contribution >= 4 is 16.9 Å². The third-order valence-corrected chi connectivity index (χ3v) is 3.19. The van der Waals surface area contributed by atoms with E-state index in [1.165, 1.54) is 0 Å². The Balaban J connectivity index is 2.24. The molecule has 1 heterocycles. The lowest BCUT2D eigenvalue weighted by molar-refractivity contribution is -0.136. The van der Waals surface area contributed by atoms with Gasteiger partial charge in [0.05, 0.1) is 17.6 Å². The second-order valence-electron chi connectivity index (χ2n) is 4.63. The number of aliphatic carboxylic acids is 1.